The van der Waals surface area contributed by atoms with E-state index in [2.05, 4.69) is 43.7 Å². The molecule has 1 saturated carbocycles. The Hall–Kier alpha value is -3.37. The normalized spacial score (nSPS) is 19.7. The lowest BCUT2D eigenvalue weighted by atomic mass is 9.60. The highest BCUT2D eigenvalue weighted by Gasteiger charge is 2.47. The zero-order valence-corrected chi connectivity index (χ0v) is 24.4. The number of piperidine rings is 1. The van der Waals surface area contributed by atoms with Crippen LogP contribution >= 0.6 is 0 Å². The number of ketones is 1. The first-order chi connectivity index (χ1) is 19.5. The van der Waals surface area contributed by atoms with Crippen molar-refractivity contribution >= 4 is 23.4 Å². The minimum absolute atomic E-state index is 0.149. The number of rotatable bonds is 8. The summed E-state index contributed by atoms with van der Waals surface area (Å²) in [7, 11) is 0. The maximum absolute atomic E-state index is 12.8. The predicted molar refractivity (Wildman–Crippen MR) is 155 cm³/mol. The zero-order chi connectivity index (χ0) is 29.2. The van der Waals surface area contributed by atoms with Gasteiger partial charge >= 0.3 is 0 Å². The lowest BCUT2D eigenvalue weighted by molar-refractivity contribution is -0.150. The molecule has 0 unspecified atom stereocenters. The number of benzene rings is 1. The molecule has 1 spiro atoms. The maximum atomic E-state index is 12.8. The van der Waals surface area contributed by atoms with Crippen LogP contribution in [0.2, 0.25) is 0 Å². The van der Waals surface area contributed by atoms with Crippen molar-refractivity contribution in [1.82, 2.24) is 25.1 Å². The molecule has 2 amide bonds. The third-order valence-electron chi connectivity index (χ3n) is 8.77. The second kappa shape index (κ2) is 11.9. The average molecular weight is 563 g/mol. The summed E-state index contributed by atoms with van der Waals surface area (Å²) in [6.07, 6.45) is 5.36. The summed E-state index contributed by atoms with van der Waals surface area (Å²) < 4.78 is 0. The zero-order valence-electron chi connectivity index (χ0n) is 24.4. The highest BCUT2D eigenvalue weighted by molar-refractivity contribution is 6.37. The number of aromatic nitrogens is 2. The van der Waals surface area contributed by atoms with Gasteiger partial charge < -0.3 is 20.6 Å². The van der Waals surface area contributed by atoms with Crippen molar-refractivity contribution in [3.8, 4) is 0 Å². The van der Waals surface area contributed by atoms with Gasteiger partial charge in [0.2, 0.25) is 5.78 Å². The second-order valence-electron chi connectivity index (χ2n) is 13.0. The quantitative estimate of drug-likeness (QED) is 0.419. The molecule has 1 atom stereocenters. The highest BCUT2D eigenvalue weighted by Crippen LogP contribution is 2.50. The summed E-state index contributed by atoms with van der Waals surface area (Å²) in [6.45, 7) is 8.90. The van der Waals surface area contributed by atoms with E-state index in [9.17, 15) is 19.5 Å². The van der Waals surface area contributed by atoms with E-state index < -0.39 is 11.5 Å². The fourth-order valence-corrected chi connectivity index (χ4v) is 6.29. The van der Waals surface area contributed by atoms with Crippen LogP contribution in [0.3, 0.4) is 0 Å². The van der Waals surface area contributed by atoms with E-state index in [0.717, 1.165) is 45.2 Å². The van der Waals surface area contributed by atoms with Gasteiger partial charge in [-0.2, -0.15) is 0 Å². The molecule has 3 heterocycles. The van der Waals surface area contributed by atoms with Gasteiger partial charge in [-0.25, -0.2) is 9.97 Å². The van der Waals surface area contributed by atoms with Crippen molar-refractivity contribution in [2.75, 3.05) is 38.0 Å². The molecule has 5 rings (SSSR count). The molecule has 41 heavy (non-hydrogen) atoms. The second-order valence-corrected chi connectivity index (χ2v) is 13.0. The van der Waals surface area contributed by atoms with Crippen LogP contribution < -0.4 is 10.6 Å². The molecule has 2 aromatic rings. The number of hydrogen-bond donors (Lipinski definition) is 3. The summed E-state index contributed by atoms with van der Waals surface area (Å²) >= 11 is 0. The first-order valence-electron chi connectivity index (χ1n) is 14.7. The molecule has 1 aliphatic carbocycles. The molecule has 3 aliphatic rings. The van der Waals surface area contributed by atoms with Gasteiger partial charge in [0.05, 0.1) is 6.10 Å². The lowest BCUT2D eigenvalue weighted by Crippen LogP contribution is -2.54. The average Bonchev–Trinajstić information content (AvgIpc) is 2.94. The fraction of sp³-hybridized carbons (Fsp3) is 0.581. The summed E-state index contributed by atoms with van der Waals surface area (Å²) in [4.78, 5) is 50.0. The topological polar surface area (TPSA) is 128 Å². The van der Waals surface area contributed by atoms with E-state index >= 15 is 0 Å². The van der Waals surface area contributed by atoms with E-state index in [1.807, 2.05) is 6.07 Å². The number of anilines is 1. The molecule has 2 fully saturated rings. The Balaban J connectivity index is 1.04. The van der Waals surface area contributed by atoms with Crippen molar-refractivity contribution in [1.29, 1.82) is 0 Å². The smallest absolute Gasteiger partial charge is 0.290 e. The number of fused-ring (bicyclic) bond motifs is 1. The first-order valence-corrected chi connectivity index (χ1v) is 14.7. The molecule has 10 heteroatoms. The van der Waals surface area contributed by atoms with Gasteiger partial charge in [0.25, 0.3) is 11.8 Å². The Bertz CT molecular complexity index is 1280. The van der Waals surface area contributed by atoms with Gasteiger partial charge in [0.1, 0.15) is 17.8 Å². The minimum Gasteiger partial charge on any atom is -0.390 e. The van der Waals surface area contributed by atoms with Crippen LogP contribution in [0.4, 0.5) is 5.82 Å². The van der Waals surface area contributed by atoms with E-state index in [1.54, 1.807) is 31.7 Å². The van der Waals surface area contributed by atoms with E-state index in [4.69, 9.17) is 0 Å². The van der Waals surface area contributed by atoms with E-state index in [-0.39, 0.29) is 41.3 Å². The number of nitrogens with one attached hydrogen (secondary N) is 2. The predicted octanol–water partition coefficient (Wildman–Crippen LogP) is 2.42. The first kappa shape index (κ1) is 29.1. The van der Waals surface area contributed by atoms with Crippen molar-refractivity contribution in [3.63, 3.8) is 0 Å². The number of carbonyl (C=O) groups is 3. The summed E-state index contributed by atoms with van der Waals surface area (Å²) in [5, 5.41) is 16.8. The van der Waals surface area contributed by atoms with Crippen LogP contribution in [0.25, 0.3) is 0 Å². The van der Waals surface area contributed by atoms with Crippen molar-refractivity contribution in [3.05, 3.63) is 53.5 Å². The SMILES string of the molecule is CC(C)(C)C(=O)C(=O)N1CCC2(CC1)CC(Nc1cc(C(=O)NC[C@H](O)CN3CCc4ccccc4C3)ncn1)C2. The van der Waals surface area contributed by atoms with Crippen LogP contribution in [0.1, 0.15) is 68.1 Å². The Labute approximate surface area is 241 Å². The molecule has 0 radical (unpaired) electrons. The minimum atomic E-state index is -0.678. The summed E-state index contributed by atoms with van der Waals surface area (Å²) in [5.41, 5.74) is 2.43. The van der Waals surface area contributed by atoms with Crippen LogP contribution in [-0.2, 0) is 22.6 Å². The molecule has 10 nitrogen and oxygen atoms in total. The Kier molecular flexibility index (Phi) is 8.42. The van der Waals surface area contributed by atoms with Gasteiger partial charge in [0, 0.05) is 56.8 Å². The number of Topliss-reactive ketones (excluding diaryl/α,β-unsaturated/α-hetero) is 1. The fourth-order valence-electron chi connectivity index (χ4n) is 6.29. The molecular formula is C31H42N6O4. The monoisotopic (exact) mass is 562 g/mol. The van der Waals surface area contributed by atoms with Crippen molar-refractivity contribution < 1.29 is 19.5 Å². The van der Waals surface area contributed by atoms with Gasteiger partial charge in [-0.15, -0.1) is 0 Å². The standard InChI is InChI=1S/C31H42N6O4/c1-30(2,3)27(39)29(41)37-12-9-31(10-13-37)15-23(16-31)35-26-14-25(33-20-34-26)28(40)32-17-24(38)19-36-11-8-21-6-4-5-7-22(21)18-36/h4-7,14,20,23-24,38H,8-13,15-19H2,1-3H3,(H,32,40)(H,33,34,35)/t24-/m0/s1. The third kappa shape index (κ3) is 6.93. The lowest BCUT2D eigenvalue weighted by Gasteiger charge is -2.52. The maximum Gasteiger partial charge on any atom is 0.290 e. The van der Waals surface area contributed by atoms with Gasteiger partial charge in [-0.3, -0.25) is 19.3 Å². The number of likely N-dealkylation sites (tertiary alicyclic amines) is 1. The van der Waals surface area contributed by atoms with Crippen LogP contribution in [0, 0.1) is 10.8 Å². The number of nitrogens with zero attached hydrogens (tertiary/aromatic N) is 4. The van der Waals surface area contributed by atoms with Gasteiger partial charge in [-0.1, -0.05) is 45.0 Å². The molecule has 3 N–H and O–H groups in total. The van der Waals surface area contributed by atoms with Gasteiger partial charge in [0.15, 0.2) is 0 Å². The van der Waals surface area contributed by atoms with Crippen molar-refractivity contribution in [2.24, 2.45) is 10.8 Å². The highest BCUT2D eigenvalue weighted by atomic mass is 16.3. The number of β-amino-alcohol motifs (C(OH)–C–C–N with tert-alkyl or cyclic N) is 1. The number of amides is 2. The van der Waals surface area contributed by atoms with Crippen LogP contribution in [0.5, 0.6) is 0 Å². The molecular weight excluding hydrogens is 520 g/mol. The number of aliphatic hydroxyl groups excluding tert-OH is 1. The summed E-state index contributed by atoms with van der Waals surface area (Å²) in [6, 6.07) is 10.3. The van der Waals surface area contributed by atoms with Crippen LogP contribution in [0.15, 0.2) is 36.7 Å². The molecule has 1 aromatic carbocycles. The number of hydrogen-bond acceptors (Lipinski definition) is 8. The van der Waals surface area contributed by atoms with Gasteiger partial charge in [-0.05, 0) is 48.6 Å². The summed E-state index contributed by atoms with van der Waals surface area (Å²) in [5.74, 6) is -0.433. The van der Waals surface area contributed by atoms with Crippen molar-refractivity contribution in [2.45, 2.75) is 71.6 Å². The number of aliphatic hydroxyl groups is 1. The molecule has 0 bridgehead atoms. The molecule has 2 aliphatic heterocycles. The molecule has 220 valence electrons. The van der Waals surface area contributed by atoms with E-state index in [0.29, 0.717) is 25.5 Å². The largest absolute Gasteiger partial charge is 0.390 e. The Morgan fingerprint density at radius 3 is 2.49 bits per heavy atom. The molecule has 1 aromatic heterocycles. The Morgan fingerprint density at radius 2 is 1.78 bits per heavy atom. The molecule has 1 saturated heterocycles. The Morgan fingerprint density at radius 1 is 1.07 bits per heavy atom. The number of carbonyl (C=O) groups excluding carboxylic acids is 3. The third-order valence-corrected chi connectivity index (χ3v) is 8.77. The van der Waals surface area contributed by atoms with E-state index in [1.165, 1.54) is 17.5 Å². The van der Waals surface area contributed by atoms with Crippen LogP contribution in [-0.4, -0.2) is 87.3 Å².